The van der Waals surface area contributed by atoms with E-state index >= 15 is 0 Å². The first-order valence-corrected chi connectivity index (χ1v) is 10.7. The lowest BCUT2D eigenvalue weighted by atomic mass is 10.2. The second-order valence-corrected chi connectivity index (χ2v) is 7.93. The number of carbonyl (C=O) groups is 1. The molecule has 1 fully saturated rings. The molecule has 1 saturated heterocycles. The molecular formula is C22H20N4O3S. The Balaban J connectivity index is 1.53. The second kappa shape index (κ2) is 9.11. The lowest BCUT2D eigenvalue weighted by Crippen LogP contribution is -2.29. The van der Waals surface area contributed by atoms with Gasteiger partial charge in [-0.3, -0.25) is 14.2 Å². The number of ether oxygens (including phenoxy) is 1. The summed E-state index contributed by atoms with van der Waals surface area (Å²) in [6.07, 6.45) is 1.87. The average molecular weight is 420 g/mol. The van der Waals surface area contributed by atoms with Crippen LogP contribution >= 0.6 is 11.8 Å². The van der Waals surface area contributed by atoms with Gasteiger partial charge >= 0.3 is 0 Å². The molecule has 152 valence electrons. The van der Waals surface area contributed by atoms with E-state index in [1.165, 1.54) is 11.8 Å². The van der Waals surface area contributed by atoms with Crippen LogP contribution in [0.15, 0.2) is 58.5 Å². The van der Waals surface area contributed by atoms with Gasteiger partial charge in [0, 0.05) is 12.3 Å². The number of para-hydroxylation sites is 1. The van der Waals surface area contributed by atoms with Crippen molar-refractivity contribution in [3.05, 3.63) is 64.4 Å². The standard InChI is InChI=1S/C22H20N4O3S/c23-12-15-7-9-16(10-8-15)24-20(27)14-30-22-25-19-6-2-1-5-18(19)21(28)26(22)13-17-4-3-11-29-17/h1-2,5-10,17H,3-4,11,13-14H2,(H,24,27). The molecule has 1 amide bonds. The molecular weight excluding hydrogens is 400 g/mol. The van der Waals surface area contributed by atoms with Gasteiger partial charge in [0.25, 0.3) is 5.56 Å². The van der Waals surface area contributed by atoms with E-state index in [-0.39, 0.29) is 23.3 Å². The highest BCUT2D eigenvalue weighted by Gasteiger charge is 2.20. The van der Waals surface area contributed by atoms with Gasteiger partial charge in [0.1, 0.15) is 0 Å². The Bertz CT molecular complexity index is 1160. The summed E-state index contributed by atoms with van der Waals surface area (Å²) >= 11 is 1.23. The van der Waals surface area contributed by atoms with Crippen molar-refractivity contribution in [2.45, 2.75) is 30.6 Å². The van der Waals surface area contributed by atoms with Crippen molar-refractivity contribution in [1.82, 2.24) is 9.55 Å². The molecule has 1 N–H and O–H groups in total. The lowest BCUT2D eigenvalue weighted by Gasteiger charge is -2.16. The molecule has 1 aliphatic rings. The number of benzene rings is 2. The van der Waals surface area contributed by atoms with Crippen molar-refractivity contribution >= 4 is 34.3 Å². The number of hydrogen-bond donors (Lipinski definition) is 1. The van der Waals surface area contributed by atoms with E-state index in [1.54, 1.807) is 41.0 Å². The van der Waals surface area contributed by atoms with Crippen LogP contribution in [0.25, 0.3) is 10.9 Å². The first-order chi connectivity index (χ1) is 14.6. The van der Waals surface area contributed by atoms with E-state index < -0.39 is 0 Å². The minimum atomic E-state index is -0.212. The van der Waals surface area contributed by atoms with E-state index in [0.717, 1.165) is 12.8 Å². The molecule has 0 bridgehead atoms. The van der Waals surface area contributed by atoms with E-state index in [4.69, 9.17) is 10.00 Å². The maximum atomic E-state index is 13.1. The van der Waals surface area contributed by atoms with Gasteiger partial charge in [0.2, 0.25) is 5.91 Å². The summed E-state index contributed by atoms with van der Waals surface area (Å²) < 4.78 is 7.33. The molecule has 1 atom stereocenters. The van der Waals surface area contributed by atoms with Gasteiger partial charge in [-0.05, 0) is 49.2 Å². The number of anilines is 1. The molecule has 0 saturated carbocycles. The lowest BCUT2D eigenvalue weighted by molar-refractivity contribution is -0.113. The average Bonchev–Trinajstić information content (AvgIpc) is 3.28. The van der Waals surface area contributed by atoms with E-state index in [0.29, 0.717) is 40.5 Å². The van der Waals surface area contributed by atoms with Crippen molar-refractivity contribution in [2.24, 2.45) is 0 Å². The van der Waals surface area contributed by atoms with E-state index in [1.807, 2.05) is 18.2 Å². The van der Waals surface area contributed by atoms with Crippen molar-refractivity contribution in [1.29, 1.82) is 5.26 Å². The molecule has 4 rings (SSSR count). The van der Waals surface area contributed by atoms with Gasteiger partial charge < -0.3 is 10.1 Å². The highest BCUT2D eigenvalue weighted by molar-refractivity contribution is 7.99. The maximum Gasteiger partial charge on any atom is 0.262 e. The highest BCUT2D eigenvalue weighted by Crippen LogP contribution is 2.21. The number of nitrogens with one attached hydrogen (secondary N) is 1. The van der Waals surface area contributed by atoms with Crippen LogP contribution < -0.4 is 10.9 Å². The van der Waals surface area contributed by atoms with Crippen LogP contribution in [0.1, 0.15) is 18.4 Å². The zero-order valence-corrected chi connectivity index (χ0v) is 17.0. The van der Waals surface area contributed by atoms with Gasteiger partial charge in [0.15, 0.2) is 5.16 Å². The summed E-state index contributed by atoms with van der Waals surface area (Å²) in [6.45, 7) is 1.13. The fraction of sp³-hybridized carbons (Fsp3) is 0.273. The van der Waals surface area contributed by atoms with Crippen molar-refractivity contribution in [2.75, 3.05) is 17.7 Å². The minimum absolute atomic E-state index is 0.0162. The fourth-order valence-corrected chi connectivity index (χ4v) is 4.17. The number of amides is 1. The third kappa shape index (κ3) is 4.53. The molecule has 1 unspecified atom stereocenters. The largest absolute Gasteiger partial charge is 0.376 e. The van der Waals surface area contributed by atoms with Gasteiger partial charge in [0.05, 0.1) is 40.9 Å². The second-order valence-electron chi connectivity index (χ2n) is 6.99. The molecule has 1 aliphatic heterocycles. The molecule has 2 aromatic carbocycles. The molecule has 7 nitrogen and oxygen atoms in total. The van der Waals surface area contributed by atoms with Crippen molar-refractivity contribution in [3.63, 3.8) is 0 Å². The monoisotopic (exact) mass is 420 g/mol. The smallest absolute Gasteiger partial charge is 0.262 e. The molecule has 30 heavy (non-hydrogen) atoms. The SMILES string of the molecule is N#Cc1ccc(NC(=O)CSc2nc3ccccc3c(=O)n2CC2CCCO2)cc1. The normalized spacial score (nSPS) is 15.8. The molecule has 1 aromatic heterocycles. The predicted octanol–water partition coefficient (Wildman–Crippen LogP) is 3.18. The Morgan fingerprint density at radius 2 is 2.07 bits per heavy atom. The number of carbonyl (C=O) groups excluding carboxylic acids is 1. The van der Waals surface area contributed by atoms with Gasteiger partial charge in [-0.15, -0.1) is 0 Å². The van der Waals surface area contributed by atoms with Crippen LogP contribution in [0.5, 0.6) is 0 Å². The zero-order valence-electron chi connectivity index (χ0n) is 16.2. The number of fused-ring (bicyclic) bond motifs is 1. The Morgan fingerprint density at radius 1 is 1.27 bits per heavy atom. The highest BCUT2D eigenvalue weighted by atomic mass is 32.2. The van der Waals surface area contributed by atoms with E-state index in [2.05, 4.69) is 10.3 Å². The Kier molecular flexibility index (Phi) is 6.12. The van der Waals surface area contributed by atoms with E-state index in [9.17, 15) is 9.59 Å². The van der Waals surface area contributed by atoms with Crippen molar-refractivity contribution in [3.8, 4) is 6.07 Å². The first kappa shape index (κ1) is 20.1. The zero-order chi connectivity index (χ0) is 20.9. The van der Waals surface area contributed by atoms with Crippen molar-refractivity contribution < 1.29 is 9.53 Å². The molecule has 8 heteroatoms. The topological polar surface area (TPSA) is 97.0 Å². The van der Waals surface area contributed by atoms with Crippen LogP contribution in [-0.2, 0) is 16.1 Å². The molecule has 0 aliphatic carbocycles. The summed E-state index contributed by atoms with van der Waals surface area (Å²) in [6, 6.07) is 15.9. The number of rotatable bonds is 6. The summed E-state index contributed by atoms with van der Waals surface area (Å²) in [7, 11) is 0. The number of aromatic nitrogens is 2. The predicted molar refractivity (Wildman–Crippen MR) is 115 cm³/mol. The Labute approximate surface area is 177 Å². The molecule has 0 radical (unpaired) electrons. The third-order valence-electron chi connectivity index (χ3n) is 4.87. The summed E-state index contributed by atoms with van der Waals surface area (Å²) in [5.74, 6) is -0.105. The number of nitrogens with zero attached hydrogens (tertiary/aromatic N) is 3. The van der Waals surface area contributed by atoms with Crippen LogP contribution in [0.3, 0.4) is 0 Å². The fourth-order valence-electron chi connectivity index (χ4n) is 3.37. The third-order valence-corrected chi connectivity index (χ3v) is 5.84. The number of hydrogen-bond acceptors (Lipinski definition) is 6. The molecule has 3 aromatic rings. The minimum Gasteiger partial charge on any atom is -0.376 e. The maximum absolute atomic E-state index is 13.1. The summed E-state index contributed by atoms with van der Waals surface area (Å²) in [4.78, 5) is 30.1. The number of nitriles is 1. The van der Waals surface area contributed by atoms with Crippen LogP contribution in [0.4, 0.5) is 5.69 Å². The Morgan fingerprint density at radius 3 is 2.80 bits per heavy atom. The van der Waals surface area contributed by atoms with Gasteiger partial charge in [-0.1, -0.05) is 23.9 Å². The van der Waals surface area contributed by atoms with Crippen LogP contribution in [-0.4, -0.2) is 33.9 Å². The number of thioether (sulfide) groups is 1. The summed E-state index contributed by atoms with van der Waals surface area (Å²) in [5, 5.41) is 12.7. The van der Waals surface area contributed by atoms with Crippen LogP contribution in [0, 0.1) is 11.3 Å². The van der Waals surface area contributed by atoms with Gasteiger partial charge in [-0.2, -0.15) is 5.26 Å². The quantitative estimate of drug-likeness (QED) is 0.486. The van der Waals surface area contributed by atoms with Gasteiger partial charge in [-0.25, -0.2) is 4.98 Å². The molecule has 0 spiro atoms. The summed E-state index contributed by atoms with van der Waals surface area (Å²) in [5.41, 5.74) is 1.64. The Hall–Kier alpha value is -3.15. The van der Waals surface area contributed by atoms with Crippen LogP contribution in [0.2, 0.25) is 0 Å². The molecule has 2 heterocycles. The first-order valence-electron chi connectivity index (χ1n) is 9.68.